The Bertz CT molecular complexity index is 912. The molecule has 0 amide bonds. The number of cyclic esters (lactones) is 2. The quantitative estimate of drug-likeness (QED) is 0.646. The molecular weight excluding hydrogens is 320 g/mol. The number of rotatable bonds is 4. The molecule has 0 aliphatic carbocycles. The number of carbonyl (C=O) groups is 4. The van der Waals surface area contributed by atoms with Crippen LogP contribution >= 0.6 is 0 Å². The zero-order valence-corrected chi connectivity index (χ0v) is 11.8. The van der Waals surface area contributed by atoms with Crippen molar-refractivity contribution < 1.29 is 38.9 Å². The first-order valence-corrected chi connectivity index (χ1v) is 6.56. The van der Waals surface area contributed by atoms with Crippen LogP contribution in [-0.2, 0) is 4.74 Å². The number of hydrogen-bond donors (Lipinski definition) is 2. The standard InChI is InChI=1S/C16H8O8/c17-13(18)8-5-4-7(6-10(8)14(19)20)23-11-3-1-2-9-12(11)16(22)24-15(9)21/h1-6H,(H,17,18)(H,19,20). The molecule has 1 heterocycles. The second-order valence-electron chi connectivity index (χ2n) is 4.78. The molecule has 2 aromatic carbocycles. The third-order valence-electron chi connectivity index (χ3n) is 3.32. The van der Waals surface area contributed by atoms with E-state index >= 15 is 0 Å². The van der Waals surface area contributed by atoms with Gasteiger partial charge in [0.2, 0.25) is 0 Å². The van der Waals surface area contributed by atoms with Gasteiger partial charge in [-0.2, -0.15) is 0 Å². The maximum Gasteiger partial charge on any atom is 0.350 e. The molecule has 24 heavy (non-hydrogen) atoms. The van der Waals surface area contributed by atoms with Crippen LogP contribution in [0.25, 0.3) is 0 Å². The molecule has 8 nitrogen and oxygen atoms in total. The number of hydrogen-bond acceptors (Lipinski definition) is 6. The van der Waals surface area contributed by atoms with Gasteiger partial charge in [0.1, 0.15) is 17.1 Å². The van der Waals surface area contributed by atoms with E-state index in [1.165, 1.54) is 24.3 Å². The van der Waals surface area contributed by atoms with E-state index in [2.05, 4.69) is 4.74 Å². The molecule has 3 rings (SSSR count). The van der Waals surface area contributed by atoms with Gasteiger partial charge in [-0.15, -0.1) is 0 Å². The fraction of sp³-hybridized carbons (Fsp3) is 0. The molecule has 120 valence electrons. The van der Waals surface area contributed by atoms with E-state index < -0.39 is 35.0 Å². The minimum absolute atomic E-state index is 0.00190. The van der Waals surface area contributed by atoms with Gasteiger partial charge in [0, 0.05) is 0 Å². The lowest BCUT2D eigenvalue weighted by Gasteiger charge is -2.09. The summed E-state index contributed by atoms with van der Waals surface area (Å²) in [6.45, 7) is 0. The molecule has 0 unspecified atom stereocenters. The second kappa shape index (κ2) is 5.51. The van der Waals surface area contributed by atoms with Crippen LogP contribution in [-0.4, -0.2) is 34.1 Å². The average Bonchev–Trinajstić information content (AvgIpc) is 2.82. The molecule has 0 radical (unpaired) electrons. The summed E-state index contributed by atoms with van der Waals surface area (Å²) in [5.74, 6) is -4.50. The number of fused-ring (bicyclic) bond motifs is 1. The molecule has 0 fully saturated rings. The first kappa shape index (κ1) is 15.2. The first-order valence-electron chi connectivity index (χ1n) is 6.56. The van der Waals surface area contributed by atoms with Crippen molar-refractivity contribution in [2.45, 2.75) is 0 Å². The van der Waals surface area contributed by atoms with E-state index in [0.29, 0.717) is 0 Å². The maximum atomic E-state index is 11.7. The van der Waals surface area contributed by atoms with Gasteiger partial charge in [-0.25, -0.2) is 19.2 Å². The summed E-state index contributed by atoms with van der Waals surface area (Å²) in [5, 5.41) is 18.1. The van der Waals surface area contributed by atoms with E-state index in [-0.39, 0.29) is 22.6 Å². The van der Waals surface area contributed by atoms with E-state index in [1.807, 2.05) is 0 Å². The van der Waals surface area contributed by atoms with Crippen molar-refractivity contribution in [1.82, 2.24) is 0 Å². The van der Waals surface area contributed by atoms with Gasteiger partial charge in [-0.1, -0.05) is 6.07 Å². The highest BCUT2D eigenvalue weighted by Gasteiger charge is 2.33. The van der Waals surface area contributed by atoms with Gasteiger partial charge in [0.05, 0.1) is 16.7 Å². The number of aromatic carboxylic acids is 2. The van der Waals surface area contributed by atoms with E-state index in [1.54, 1.807) is 0 Å². The highest BCUT2D eigenvalue weighted by molar-refractivity contribution is 6.16. The van der Waals surface area contributed by atoms with Crippen molar-refractivity contribution >= 4 is 23.9 Å². The van der Waals surface area contributed by atoms with Crippen LogP contribution in [0.1, 0.15) is 41.4 Å². The molecule has 1 aliphatic heterocycles. The molecule has 2 N–H and O–H groups in total. The number of carboxylic acids is 2. The van der Waals surface area contributed by atoms with Gasteiger partial charge in [0.25, 0.3) is 0 Å². The lowest BCUT2D eigenvalue weighted by Crippen LogP contribution is -2.08. The number of benzene rings is 2. The Balaban J connectivity index is 2.03. The predicted octanol–water partition coefficient (Wildman–Crippen LogP) is 2.19. The van der Waals surface area contributed by atoms with Gasteiger partial charge >= 0.3 is 23.9 Å². The van der Waals surface area contributed by atoms with Crippen LogP contribution in [0.2, 0.25) is 0 Å². The first-order chi connectivity index (χ1) is 11.4. The van der Waals surface area contributed by atoms with E-state index in [4.69, 9.17) is 14.9 Å². The summed E-state index contributed by atoms with van der Waals surface area (Å²) in [6, 6.07) is 7.62. The van der Waals surface area contributed by atoms with Gasteiger partial charge in [-0.05, 0) is 30.3 Å². The summed E-state index contributed by atoms with van der Waals surface area (Å²) in [7, 11) is 0. The predicted molar refractivity (Wildman–Crippen MR) is 76.6 cm³/mol. The largest absolute Gasteiger partial charge is 0.478 e. The minimum atomic E-state index is -1.44. The Kier molecular flexibility index (Phi) is 3.49. The van der Waals surface area contributed by atoms with Crippen LogP contribution in [0.5, 0.6) is 11.5 Å². The van der Waals surface area contributed by atoms with Gasteiger partial charge < -0.3 is 19.7 Å². The van der Waals surface area contributed by atoms with Crippen molar-refractivity contribution in [2.75, 3.05) is 0 Å². The normalized spacial score (nSPS) is 12.5. The SMILES string of the molecule is O=C(O)c1ccc(Oc2cccc3c2C(=O)OC3=O)cc1C(=O)O. The molecule has 0 saturated heterocycles. The lowest BCUT2D eigenvalue weighted by atomic mass is 10.1. The number of ether oxygens (including phenoxy) is 2. The highest BCUT2D eigenvalue weighted by atomic mass is 16.6. The Labute approximate surface area is 133 Å². The number of carboxylic acid groups (broad SMARTS) is 2. The number of carbonyl (C=O) groups excluding carboxylic acids is 2. The van der Waals surface area contributed by atoms with E-state index in [9.17, 15) is 19.2 Å². The minimum Gasteiger partial charge on any atom is -0.478 e. The Morgan fingerprint density at radius 1 is 0.917 bits per heavy atom. The van der Waals surface area contributed by atoms with Crippen molar-refractivity contribution in [3.05, 3.63) is 58.7 Å². The van der Waals surface area contributed by atoms with Crippen LogP contribution in [0.3, 0.4) is 0 Å². The van der Waals surface area contributed by atoms with Crippen LogP contribution < -0.4 is 4.74 Å². The summed E-state index contributed by atoms with van der Waals surface area (Å²) in [5.41, 5.74) is -0.895. The van der Waals surface area contributed by atoms with Crippen molar-refractivity contribution in [1.29, 1.82) is 0 Å². The molecular formula is C16H8O8. The maximum absolute atomic E-state index is 11.7. The van der Waals surface area contributed by atoms with E-state index in [0.717, 1.165) is 12.1 Å². The number of esters is 2. The summed E-state index contributed by atoms with van der Waals surface area (Å²) < 4.78 is 9.95. The molecule has 8 heteroatoms. The van der Waals surface area contributed by atoms with Crippen molar-refractivity contribution in [3.8, 4) is 11.5 Å². The zero-order chi connectivity index (χ0) is 17.4. The highest BCUT2D eigenvalue weighted by Crippen LogP contribution is 2.33. The molecule has 0 atom stereocenters. The fourth-order valence-corrected chi connectivity index (χ4v) is 2.26. The van der Waals surface area contributed by atoms with Gasteiger partial charge in [0.15, 0.2) is 0 Å². The summed E-state index contributed by atoms with van der Waals surface area (Å²) >= 11 is 0. The summed E-state index contributed by atoms with van der Waals surface area (Å²) in [4.78, 5) is 45.4. The Morgan fingerprint density at radius 3 is 2.29 bits per heavy atom. The fourth-order valence-electron chi connectivity index (χ4n) is 2.26. The molecule has 0 spiro atoms. The average molecular weight is 328 g/mol. The second-order valence-corrected chi connectivity index (χ2v) is 4.78. The van der Waals surface area contributed by atoms with Gasteiger partial charge in [-0.3, -0.25) is 0 Å². The molecule has 0 saturated carbocycles. The van der Waals surface area contributed by atoms with Crippen molar-refractivity contribution in [2.24, 2.45) is 0 Å². The Hall–Kier alpha value is -3.68. The molecule has 0 aromatic heterocycles. The third kappa shape index (κ3) is 2.45. The lowest BCUT2D eigenvalue weighted by molar-refractivity contribution is 0.0441. The third-order valence-corrected chi connectivity index (χ3v) is 3.32. The molecule has 1 aliphatic rings. The van der Waals surface area contributed by atoms with Crippen molar-refractivity contribution in [3.63, 3.8) is 0 Å². The monoisotopic (exact) mass is 328 g/mol. The zero-order valence-electron chi connectivity index (χ0n) is 11.8. The Morgan fingerprint density at radius 2 is 1.62 bits per heavy atom. The topological polar surface area (TPSA) is 127 Å². The molecule has 0 bridgehead atoms. The van der Waals surface area contributed by atoms with Crippen LogP contribution in [0.4, 0.5) is 0 Å². The van der Waals surface area contributed by atoms with Crippen LogP contribution in [0, 0.1) is 0 Å². The molecule has 2 aromatic rings. The van der Waals surface area contributed by atoms with Crippen LogP contribution in [0.15, 0.2) is 36.4 Å². The smallest absolute Gasteiger partial charge is 0.350 e. The summed E-state index contributed by atoms with van der Waals surface area (Å²) in [6.07, 6.45) is 0.